The standard InChI is InChI=1S/C14H26O6/c1-3-17-13(15)19-11-9-7-5-6-8-10-12-20-14(16)18-4-2/h3-12H2,1-2H3. The van der Waals surface area contributed by atoms with Crippen LogP contribution in [0.1, 0.15) is 52.4 Å². The highest BCUT2D eigenvalue weighted by Crippen LogP contribution is 2.06. The third kappa shape index (κ3) is 13.0. The lowest BCUT2D eigenvalue weighted by atomic mass is 10.1. The second kappa shape index (κ2) is 14.0. The smallest absolute Gasteiger partial charge is 0.435 e. The molecule has 118 valence electrons. The van der Waals surface area contributed by atoms with Crippen LogP contribution in [-0.2, 0) is 18.9 Å². The number of rotatable bonds is 11. The highest BCUT2D eigenvalue weighted by molar-refractivity contribution is 5.59. The van der Waals surface area contributed by atoms with Crippen molar-refractivity contribution in [2.45, 2.75) is 52.4 Å². The van der Waals surface area contributed by atoms with Crippen molar-refractivity contribution in [3.05, 3.63) is 0 Å². The van der Waals surface area contributed by atoms with Crippen LogP contribution in [0.3, 0.4) is 0 Å². The van der Waals surface area contributed by atoms with Gasteiger partial charge in [-0.1, -0.05) is 25.7 Å². The molecule has 0 aliphatic heterocycles. The molecule has 0 radical (unpaired) electrons. The highest BCUT2D eigenvalue weighted by atomic mass is 16.7. The summed E-state index contributed by atoms with van der Waals surface area (Å²) < 4.78 is 19.0. The molecule has 0 aliphatic rings. The molecule has 0 aliphatic carbocycles. The zero-order chi connectivity index (χ0) is 15.1. The molecule has 0 aromatic rings. The zero-order valence-corrected chi connectivity index (χ0v) is 12.5. The Balaban J connectivity index is 3.13. The number of carbonyl (C=O) groups is 2. The molecule has 6 nitrogen and oxygen atoms in total. The predicted molar refractivity (Wildman–Crippen MR) is 73.7 cm³/mol. The Bertz CT molecular complexity index is 228. The van der Waals surface area contributed by atoms with Crippen molar-refractivity contribution in [2.75, 3.05) is 26.4 Å². The lowest BCUT2D eigenvalue weighted by molar-refractivity contribution is 0.0561. The Morgan fingerprint density at radius 1 is 0.600 bits per heavy atom. The van der Waals surface area contributed by atoms with Crippen LogP contribution in [0.5, 0.6) is 0 Å². The van der Waals surface area contributed by atoms with Gasteiger partial charge in [0.25, 0.3) is 0 Å². The summed E-state index contributed by atoms with van der Waals surface area (Å²) >= 11 is 0. The molecule has 6 heteroatoms. The Kier molecular flexibility index (Phi) is 12.9. The molecule has 0 saturated carbocycles. The van der Waals surface area contributed by atoms with Crippen LogP contribution in [0.25, 0.3) is 0 Å². The van der Waals surface area contributed by atoms with Gasteiger partial charge in [0, 0.05) is 0 Å². The van der Waals surface area contributed by atoms with E-state index in [-0.39, 0.29) is 0 Å². The van der Waals surface area contributed by atoms with Gasteiger partial charge >= 0.3 is 12.3 Å². The van der Waals surface area contributed by atoms with E-state index >= 15 is 0 Å². The fourth-order valence-corrected chi connectivity index (χ4v) is 1.54. The molecule has 0 bridgehead atoms. The number of carbonyl (C=O) groups excluding carboxylic acids is 2. The maximum absolute atomic E-state index is 10.9. The summed E-state index contributed by atoms with van der Waals surface area (Å²) in [6, 6.07) is 0. The summed E-state index contributed by atoms with van der Waals surface area (Å²) in [6.45, 7) is 4.98. The van der Waals surface area contributed by atoms with Crippen molar-refractivity contribution in [3.8, 4) is 0 Å². The minimum Gasteiger partial charge on any atom is -0.435 e. The van der Waals surface area contributed by atoms with Crippen molar-refractivity contribution >= 4 is 12.3 Å². The molecule has 20 heavy (non-hydrogen) atoms. The average Bonchev–Trinajstić information content (AvgIpc) is 2.41. The number of unbranched alkanes of at least 4 members (excludes halogenated alkanes) is 5. The van der Waals surface area contributed by atoms with Crippen LogP contribution in [0, 0.1) is 0 Å². The van der Waals surface area contributed by atoms with Crippen LogP contribution < -0.4 is 0 Å². The monoisotopic (exact) mass is 290 g/mol. The molecule has 0 aromatic carbocycles. The van der Waals surface area contributed by atoms with Gasteiger partial charge in [0.1, 0.15) is 0 Å². The molecule has 0 fully saturated rings. The normalized spacial score (nSPS) is 9.90. The van der Waals surface area contributed by atoms with Crippen molar-refractivity contribution in [3.63, 3.8) is 0 Å². The van der Waals surface area contributed by atoms with E-state index in [9.17, 15) is 9.59 Å². The SMILES string of the molecule is CCOC(=O)OCCCCCCCCOC(=O)OCC. The predicted octanol–water partition coefficient (Wildman–Crippen LogP) is 3.67. The molecular formula is C14H26O6. The zero-order valence-electron chi connectivity index (χ0n) is 12.5. The van der Waals surface area contributed by atoms with Crippen LogP contribution in [-0.4, -0.2) is 38.7 Å². The molecule has 0 spiro atoms. The molecule has 0 N–H and O–H groups in total. The Morgan fingerprint density at radius 3 is 1.30 bits per heavy atom. The maximum Gasteiger partial charge on any atom is 0.508 e. The minimum atomic E-state index is -0.594. The fourth-order valence-electron chi connectivity index (χ4n) is 1.54. The first-order chi connectivity index (χ1) is 9.70. The van der Waals surface area contributed by atoms with Crippen LogP contribution in [0.4, 0.5) is 9.59 Å². The van der Waals surface area contributed by atoms with Gasteiger partial charge in [-0.05, 0) is 26.7 Å². The summed E-state index contributed by atoms with van der Waals surface area (Å²) in [5.74, 6) is 0. The second-order valence-corrected chi connectivity index (χ2v) is 4.18. The van der Waals surface area contributed by atoms with Crippen LogP contribution in [0.15, 0.2) is 0 Å². The lowest BCUT2D eigenvalue weighted by Gasteiger charge is -2.05. The van der Waals surface area contributed by atoms with E-state index in [0.29, 0.717) is 26.4 Å². The first kappa shape index (κ1) is 18.5. The van der Waals surface area contributed by atoms with Gasteiger partial charge in [-0.2, -0.15) is 0 Å². The van der Waals surface area contributed by atoms with Gasteiger partial charge in [-0.25, -0.2) is 9.59 Å². The Labute approximate surface area is 120 Å². The molecule has 0 atom stereocenters. The molecule has 0 unspecified atom stereocenters. The van der Waals surface area contributed by atoms with E-state index in [4.69, 9.17) is 9.47 Å². The summed E-state index contributed by atoms with van der Waals surface area (Å²) in [4.78, 5) is 21.7. The van der Waals surface area contributed by atoms with Gasteiger partial charge < -0.3 is 18.9 Å². The summed E-state index contributed by atoms with van der Waals surface area (Å²) in [5, 5.41) is 0. The van der Waals surface area contributed by atoms with E-state index in [0.717, 1.165) is 38.5 Å². The molecule has 0 aromatic heterocycles. The molecule has 0 rings (SSSR count). The Hall–Kier alpha value is -1.46. The molecule has 0 heterocycles. The highest BCUT2D eigenvalue weighted by Gasteiger charge is 2.02. The van der Waals surface area contributed by atoms with Gasteiger partial charge in [0.05, 0.1) is 26.4 Å². The number of ether oxygens (including phenoxy) is 4. The summed E-state index contributed by atoms with van der Waals surface area (Å²) in [5.41, 5.74) is 0. The molecular weight excluding hydrogens is 264 g/mol. The average molecular weight is 290 g/mol. The van der Waals surface area contributed by atoms with Crippen LogP contribution >= 0.6 is 0 Å². The van der Waals surface area contributed by atoms with Gasteiger partial charge in [-0.15, -0.1) is 0 Å². The topological polar surface area (TPSA) is 71.1 Å². The van der Waals surface area contributed by atoms with Gasteiger partial charge in [-0.3, -0.25) is 0 Å². The van der Waals surface area contributed by atoms with E-state index in [1.54, 1.807) is 13.8 Å². The first-order valence-corrected chi connectivity index (χ1v) is 7.29. The quantitative estimate of drug-likeness (QED) is 0.427. The van der Waals surface area contributed by atoms with E-state index in [2.05, 4.69) is 9.47 Å². The third-order valence-corrected chi connectivity index (χ3v) is 2.50. The maximum atomic E-state index is 10.9. The third-order valence-electron chi connectivity index (χ3n) is 2.50. The second-order valence-electron chi connectivity index (χ2n) is 4.18. The number of hydrogen-bond donors (Lipinski definition) is 0. The van der Waals surface area contributed by atoms with Crippen molar-refractivity contribution in [1.82, 2.24) is 0 Å². The van der Waals surface area contributed by atoms with Crippen molar-refractivity contribution < 1.29 is 28.5 Å². The minimum absolute atomic E-state index is 0.340. The van der Waals surface area contributed by atoms with Crippen molar-refractivity contribution in [2.24, 2.45) is 0 Å². The van der Waals surface area contributed by atoms with Crippen molar-refractivity contribution in [1.29, 1.82) is 0 Å². The summed E-state index contributed by atoms with van der Waals surface area (Å²) in [6.07, 6.45) is 4.68. The van der Waals surface area contributed by atoms with Gasteiger partial charge in [0.15, 0.2) is 0 Å². The number of hydrogen-bond acceptors (Lipinski definition) is 6. The molecule has 0 amide bonds. The van der Waals surface area contributed by atoms with E-state index < -0.39 is 12.3 Å². The summed E-state index contributed by atoms with van der Waals surface area (Å²) in [7, 11) is 0. The van der Waals surface area contributed by atoms with E-state index in [1.165, 1.54) is 0 Å². The first-order valence-electron chi connectivity index (χ1n) is 7.29. The molecule has 0 saturated heterocycles. The van der Waals surface area contributed by atoms with Crippen LogP contribution in [0.2, 0.25) is 0 Å². The van der Waals surface area contributed by atoms with E-state index in [1.807, 2.05) is 0 Å². The Morgan fingerprint density at radius 2 is 0.950 bits per heavy atom. The largest absolute Gasteiger partial charge is 0.508 e. The lowest BCUT2D eigenvalue weighted by Crippen LogP contribution is -2.08. The van der Waals surface area contributed by atoms with Gasteiger partial charge in [0.2, 0.25) is 0 Å². The fraction of sp³-hybridized carbons (Fsp3) is 0.857.